The van der Waals surface area contributed by atoms with Gasteiger partial charge in [0.25, 0.3) is 0 Å². The van der Waals surface area contributed by atoms with Gasteiger partial charge in [0.2, 0.25) is 5.95 Å². The number of benzene rings is 2. The minimum absolute atomic E-state index is 0.00500. The maximum Gasteiger partial charge on any atom is 0.214 e. The molecule has 0 radical (unpaired) electrons. The molecule has 42 heavy (non-hydrogen) atoms. The molecule has 1 spiro atoms. The summed E-state index contributed by atoms with van der Waals surface area (Å²) in [5.41, 5.74) is 6.47. The van der Waals surface area contributed by atoms with Gasteiger partial charge in [-0.15, -0.1) is 14.9 Å². The summed E-state index contributed by atoms with van der Waals surface area (Å²) in [6, 6.07) is 19.4. The molecule has 0 amide bonds. The third-order valence-electron chi connectivity index (χ3n) is 9.84. The van der Waals surface area contributed by atoms with Crippen LogP contribution in [-0.4, -0.2) is 52.2 Å². The number of rotatable bonds is 5. The topological polar surface area (TPSA) is 110 Å². The molecule has 1 aliphatic heterocycles. The average molecular weight is 581 g/mol. The second-order valence-corrected chi connectivity index (χ2v) is 15.3. The molecule has 3 aliphatic rings. The largest absolute Gasteiger partial charge is 0.598 e. The number of aromatic nitrogens is 6. The lowest BCUT2D eigenvalue weighted by molar-refractivity contribution is 0.175. The van der Waals surface area contributed by atoms with Crippen molar-refractivity contribution < 1.29 is 4.55 Å². The van der Waals surface area contributed by atoms with Gasteiger partial charge in [0.05, 0.1) is 17.1 Å². The SMILES string of the molecule is CC(C)(C)[S+]([O-])N[C@@H]1c2ccccc2CC12CCN(c1nc3n[nH]c(C4(c5ccccc5)CC4)c3c3nncn13)CC2. The molecular formula is C32H36N8OS. The van der Waals surface area contributed by atoms with E-state index >= 15 is 0 Å². The molecule has 2 fully saturated rings. The highest BCUT2D eigenvalue weighted by atomic mass is 32.2. The first-order valence-corrected chi connectivity index (χ1v) is 16.1. The van der Waals surface area contributed by atoms with E-state index in [1.165, 1.54) is 16.7 Å². The third-order valence-corrected chi connectivity index (χ3v) is 11.4. The molecule has 1 unspecified atom stereocenters. The summed E-state index contributed by atoms with van der Waals surface area (Å²) in [4.78, 5) is 7.46. The van der Waals surface area contributed by atoms with Gasteiger partial charge in [0.1, 0.15) is 11.1 Å². The Kier molecular flexibility index (Phi) is 5.77. The molecule has 2 N–H and O–H groups in total. The predicted octanol–water partition coefficient (Wildman–Crippen LogP) is 5.02. The van der Waals surface area contributed by atoms with Crippen LogP contribution in [0.25, 0.3) is 16.7 Å². The van der Waals surface area contributed by atoms with Gasteiger partial charge >= 0.3 is 0 Å². The van der Waals surface area contributed by atoms with E-state index < -0.39 is 11.4 Å². The number of nitrogens with zero attached hydrogens (tertiary/aromatic N) is 6. The molecule has 1 saturated carbocycles. The Morgan fingerprint density at radius 3 is 2.48 bits per heavy atom. The molecule has 216 valence electrons. The fourth-order valence-electron chi connectivity index (χ4n) is 7.34. The van der Waals surface area contributed by atoms with Crippen LogP contribution in [0, 0.1) is 5.41 Å². The smallest absolute Gasteiger partial charge is 0.214 e. The normalized spacial score (nSPS) is 21.7. The molecule has 5 aromatic rings. The Balaban J connectivity index is 1.12. The van der Waals surface area contributed by atoms with Gasteiger partial charge in [-0.05, 0) is 69.6 Å². The number of aromatic amines is 1. The van der Waals surface area contributed by atoms with E-state index in [1.807, 2.05) is 25.2 Å². The number of piperidine rings is 1. The summed E-state index contributed by atoms with van der Waals surface area (Å²) in [6.45, 7) is 7.77. The van der Waals surface area contributed by atoms with Crippen LogP contribution in [0.4, 0.5) is 5.95 Å². The number of hydrogen-bond donors (Lipinski definition) is 2. The van der Waals surface area contributed by atoms with E-state index in [4.69, 9.17) is 10.1 Å². The summed E-state index contributed by atoms with van der Waals surface area (Å²) < 4.78 is 18.6. The molecule has 2 aromatic carbocycles. The van der Waals surface area contributed by atoms with Crippen molar-refractivity contribution in [2.45, 2.75) is 69.1 Å². The highest BCUT2D eigenvalue weighted by Gasteiger charge is 2.51. The van der Waals surface area contributed by atoms with Crippen LogP contribution < -0.4 is 9.62 Å². The zero-order valence-corrected chi connectivity index (χ0v) is 25.1. The van der Waals surface area contributed by atoms with Gasteiger partial charge in [-0.25, -0.2) is 0 Å². The molecule has 9 nitrogen and oxygen atoms in total. The van der Waals surface area contributed by atoms with E-state index in [-0.39, 0.29) is 21.6 Å². The van der Waals surface area contributed by atoms with Crippen LogP contribution in [0.1, 0.15) is 74.9 Å². The van der Waals surface area contributed by atoms with Crippen molar-refractivity contribution in [1.29, 1.82) is 0 Å². The minimum atomic E-state index is -1.16. The van der Waals surface area contributed by atoms with E-state index in [0.29, 0.717) is 5.65 Å². The first-order chi connectivity index (χ1) is 20.3. The summed E-state index contributed by atoms with van der Waals surface area (Å²) in [7, 11) is 0. The van der Waals surface area contributed by atoms with Gasteiger partial charge in [-0.2, -0.15) is 10.1 Å². The van der Waals surface area contributed by atoms with Crippen molar-refractivity contribution in [3.8, 4) is 0 Å². The van der Waals surface area contributed by atoms with Gasteiger partial charge in [0, 0.05) is 35.3 Å². The van der Waals surface area contributed by atoms with Crippen LogP contribution in [0.2, 0.25) is 0 Å². The number of fused-ring (bicyclic) bond motifs is 4. The summed E-state index contributed by atoms with van der Waals surface area (Å²) in [5, 5.41) is 17.9. The third kappa shape index (κ3) is 3.92. The number of anilines is 1. The van der Waals surface area contributed by atoms with Crippen molar-refractivity contribution >= 4 is 34.0 Å². The van der Waals surface area contributed by atoms with Gasteiger partial charge < -0.3 is 9.45 Å². The highest BCUT2D eigenvalue weighted by Crippen LogP contribution is 2.55. The molecule has 4 heterocycles. The fourth-order valence-corrected chi connectivity index (χ4v) is 8.28. The first kappa shape index (κ1) is 26.2. The zero-order chi connectivity index (χ0) is 28.7. The standard InChI is InChI=1S/C32H36N8OS/c1-30(2,3)42(41)38-25-23-12-8-7-9-21(23)19-31(25)15-17-39(18-16-31)29-34-27-24(28-37-33-20-40(28)29)26(35-36-27)32(13-14-32)22-10-5-4-6-11-22/h4-12,20,25,38H,13-19H2,1-3H3,(H,35,36)/t25-,42?/m1/s1. The number of nitrogens with one attached hydrogen (secondary N) is 2. The minimum Gasteiger partial charge on any atom is -0.598 e. The predicted molar refractivity (Wildman–Crippen MR) is 165 cm³/mol. The Bertz CT molecular complexity index is 1780. The van der Waals surface area contributed by atoms with Crippen molar-refractivity contribution in [1.82, 2.24) is 34.5 Å². The van der Waals surface area contributed by atoms with E-state index in [0.717, 1.165) is 67.9 Å². The lowest BCUT2D eigenvalue weighted by Gasteiger charge is -2.44. The first-order valence-electron chi connectivity index (χ1n) is 14.9. The van der Waals surface area contributed by atoms with Crippen LogP contribution in [0.15, 0.2) is 60.9 Å². The zero-order valence-electron chi connectivity index (χ0n) is 24.3. The average Bonchev–Trinajstić information content (AvgIpc) is 3.31. The van der Waals surface area contributed by atoms with Gasteiger partial charge in [-0.3, -0.25) is 9.50 Å². The lowest BCUT2D eigenvalue weighted by Crippen LogP contribution is -2.50. The van der Waals surface area contributed by atoms with Crippen molar-refractivity contribution in [3.05, 3.63) is 83.3 Å². The van der Waals surface area contributed by atoms with Crippen LogP contribution in [-0.2, 0) is 23.2 Å². The summed E-state index contributed by atoms with van der Waals surface area (Å²) in [6.07, 6.45) is 6.85. The van der Waals surface area contributed by atoms with E-state index in [2.05, 4.69) is 79.5 Å². The maximum atomic E-state index is 13.3. The molecule has 3 aromatic heterocycles. The van der Waals surface area contributed by atoms with Crippen molar-refractivity contribution in [2.24, 2.45) is 5.41 Å². The van der Waals surface area contributed by atoms with E-state index in [9.17, 15) is 4.55 Å². The molecular weight excluding hydrogens is 544 g/mol. The Morgan fingerprint density at radius 2 is 1.74 bits per heavy atom. The van der Waals surface area contributed by atoms with E-state index in [1.54, 1.807) is 6.33 Å². The second-order valence-electron chi connectivity index (χ2n) is 13.3. The second kappa shape index (κ2) is 9.26. The quantitative estimate of drug-likeness (QED) is 0.281. The molecule has 1 saturated heterocycles. The fraction of sp³-hybridized carbons (Fsp3) is 0.438. The number of hydrogen-bond acceptors (Lipinski definition) is 7. The summed E-state index contributed by atoms with van der Waals surface area (Å²) >= 11 is -1.16. The monoisotopic (exact) mass is 580 g/mol. The van der Waals surface area contributed by atoms with Gasteiger partial charge in [-0.1, -0.05) is 54.6 Å². The van der Waals surface area contributed by atoms with Crippen LogP contribution in [0.5, 0.6) is 0 Å². The highest BCUT2D eigenvalue weighted by molar-refractivity contribution is 7.90. The van der Waals surface area contributed by atoms with Gasteiger partial charge in [0.15, 0.2) is 11.3 Å². The maximum absolute atomic E-state index is 13.3. The molecule has 2 aliphatic carbocycles. The Morgan fingerprint density at radius 1 is 1.00 bits per heavy atom. The molecule has 2 atom stereocenters. The Hall–Kier alpha value is -3.47. The number of H-pyrrole nitrogens is 1. The van der Waals surface area contributed by atoms with Crippen LogP contribution in [0.3, 0.4) is 0 Å². The summed E-state index contributed by atoms with van der Waals surface area (Å²) in [5.74, 6) is 0.832. The Labute approximate surface area is 248 Å². The lowest BCUT2D eigenvalue weighted by atomic mass is 9.73. The van der Waals surface area contributed by atoms with Crippen molar-refractivity contribution in [3.63, 3.8) is 0 Å². The van der Waals surface area contributed by atoms with Crippen molar-refractivity contribution in [2.75, 3.05) is 18.0 Å². The van der Waals surface area contributed by atoms with Crippen LogP contribution >= 0.6 is 0 Å². The molecule has 0 bridgehead atoms. The molecule has 8 rings (SSSR count). The molecule has 10 heteroatoms.